The van der Waals surface area contributed by atoms with E-state index in [-0.39, 0.29) is 0 Å². The lowest BCUT2D eigenvalue weighted by molar-refractivity contribution is 0.862. The summed E-state index contributed by atoms with van der Waals surface area (Å²) >= 11 is 1.39. The van der Waals surface area contributed by atoms with Crippen LogP contribution >= 0.6 is 11.5 Å². The fourth-order valence-corrected chi connectivity index (χ4v) is 1.95. The summed E-state index contributed by atoms with van der Waals surface area (Å²) in [5, 5.41) is 4.03. The van der Waals surface area contributed by atoms with E-state index < -0.39 is 0 Å². The van der Waals surface area contributed by atoms with Crippen molar-refractivity contribution in [2.24, 2.45) is 0 Å². The zero-order valence-electron chi connectivity index (χ0n) is 9.10. The Bertz CT molecular complexity index is 449. The first kappa shape index (κ1) is 10.9. The molecule has 0 aliphatic rings. The van der Waals surface area contributed by atoms with Crippen LogP contribution in [0.3, 0.4) is 0 Å². The second-order valence-corrected chi connectivity index (χ2v) is 4.26. The molecule has 0 aliphatic heterocycles. The molecule has 0 fully saturated rings. The molecule has 0 unspecified atom stereocenters. The average Bonchev–Trinajstić information content (AvgIpc) is 2.70. The highest BCUT2D eigenvalue weighted by molar-refractivity contribution is 7.09. The van der Waals surface area contributed by atoms with E-state index in [1.165, 1.54) is 11.5 Å². The highest BCUT2D eigenvalue weighted by Crippen LogP contribution is 2.19. The molecule has 1 heterocycles. The van der Waals surface area contributed by atoms with E-state index >= 15 is 0 Å². The predicted octanol–water partition coefficient (Wildman–Crippen LogP) is 2.82. The molecule has 2 rings (SSSR count). The normalized spacial score (nSPS) is 10.3. The number of hydrogen-bond acceptors (Lipinski definition) is 5. The summed E-state index contributed by atoms with van der Waals surface area (Å²) in [5.74, 6) is 0.908. The Balaban J connectivity index is 2.05. The van der Waals surface area contributed by atoms with Crippen LogP contribution in [0.15, 0.2) is 24.3 Å². The molecule has 0 bridgehead atoms. The van der Waals surface area contributed by atoms with Crippen molar-refractivity contribution >= 4 is 28.0 Å². The summed E-state index contributed by atoms with van der Waals surface area (Å²) < 4.78 is 4.26. The molecule has 1 aromatic heterocycles. The molecule has 0 saturated heterocycles. The molecule has 0 aliphatic carbocycles. The summed E-state index contributed by atoms with van der Waals surface area (Å²) in [7, 11) is 0. The number of anilines is 3. The first-order chi connectivity index (χ1) is 7.78. The van der Waals surface area contributed by atoms with Gasteiger partial charge in [-0.1, -0.05) is 6.92 Å². The van der Waals surface area contributed by atoms with Crippen LogP contribution in [0, 0.1) is 0 Å². The van der Waals surface area contributed by atoms with Gasteiger partial charge in [-0.15, -0.1) is 0 Å². The molecule has 0 atom stereocenters. The van der Waals surface area contributed by atoms with Crippen molar-refractivity contribution in [1.82, 2.24) is 9.36 Å². The Morgan fingerprint density at radius 1 is 1.31 bits per heavy atom. The monoisotopic (exact) mass is 234 g/mol. The van der Waals surface area contributed by atoms with Crippen molar-refractivity contribution < 1.29 is 0 Å². The SMILES string of the molecule is CCCc1nsc(Nc2ccc(N)cc2)n1. The van der Waals surface area contributed by atoms with Gasteiger partial charge in [0.1, 0.15) is 5.82 Å². The van der Waals surface area contributed by atoms with Crippen LogP contribution in [0.5, 0.6) is 0 Å². The van der Waals surface area contributed by atoms with Gasteiger partial charge in [-0.05, 0) is 30.7 Å². The number of aryl methyl sites for hydroxylation is 1. The summed E-state index contributed by atoms with van der Waals surface area (Å²) in [5.41, 5.74) is 7.35. The van der Waals surface area contributed by atoms with Crippen molar-refractivity contribution in [3.05, 3.63) is 30.1 Å². The second kappa shape index (κ2) is 4.94. The number of nitrogens with two attached hydrogens (primary N) is 1. The van der Waals surface area contributed by atoms with Crippen LogP contribution < -0.4 is 11.1 Å². The van der Waals surface area contributed by atoms with Gasteiger partial charge in [0.15, 0.2) is 0 Å². The van der Waals surface area contributed by atoms with E-state index in [0.29, 0.717) is 0 Å². The Labute approximate surface area is 98.7 Å². The molecule has 16 heavy (non-hydrogen) atoms. The maximum absolute atomic E-state index is 5.61. The maximum Gasteiger partial charge on any atom is 0.207 e. The van der Waals surface area contributed by atoms with Crippen LogP contribution in [0.4, 0.5) is 16.5 Å². The minimum atomic E-state index is 0.759. The molecule has 4 nitrogen and oxygen atoms in total. The number of hydrogen-bond donors (Lipinski definition) is 2. The van der Waals surface area contributed by atoms with Gasteiger partial charge >= 0.3 is 0 Å². The van der Waals surface area contributed by atoms with Crippen molar-refractivity contribution in [2.75, 3.05) is 11.1 Å². The van der Waals surface area contributed by atoms with E-state index in [0.717, 1.165) is 35.2 Å². The lowest BCUT2D eigenvalue weighted by atomic mass is 10.3. The molecular weight excluding hydrogens is 220 g/mol. The predicted molar refractivity (Wildman–Crippen MR) is 68.0 cm³/mol. The van der Waals surface area contributed by atoms with Gasteiger partial charge in [0, 0.05) is 29.3 Å². The van der Waals surface area contributed by atoms with E-state index in [1.807, 2.05) is 24.3 Å². The molecule has 0 radical (unpaired) electrons. The molecule has 0 spiro atoms. The third-order valence-corrected chi connectivity index (χ3v) is 2.77. The van der Waals surface area contributed by atoms with Crippen molar-refractivity contribution in [3.63, 3.8) is 0 Å². The van der Waals surface area contributed by atoms with Gasteiger partial charge in [0.05, 0.1) is 0 Å². The number of aromatic nitrogens is 2. The topological polar surface area (TPSA) is 63.8 Å². The first-order valence-corrected chi connectivity index (χ1v) is 6.00. The lowest BCUT2D eigenvalue weighted by Crippen LogP contribution is -1.91. The minimum Gasteiger partial charge on any atom is -0.399 e. The third kappa shape index (κ3) is 2.70. The zero-order valence-corrected chi connectivity index (χ0v) is 9.92. The summed E-state index contributed by atoms with van der Waals surface area (Å²) in [4.78, 5) is 4.38. The Morgan fingerprint density at radius 3 is 2.75 bits per heavy atom. The van der Waals surface area contributed by atoms with E-state index in [4.69, 9.17) is 5.73 Å². The van der Waals surface area contributed by atoms with Crippen LogP contribution in [0.25, 0.3) is 0 Å². The van der Waals surface area contributed by atoms with Gasteiger partial charge in [-0.25, -0.2) is 4.98 Å². The summed E-state index contributed by atoms with van der Waals surface area (Å²) in [6, 6.07) is 7.57. The Hall–Kier alpha value is -1.62. The van der Waals surface area contributed by atoms with Crippen LogP contribution in [-0.4, -0.2) is 9.36 Å². The number of nitrogen functional groups attached to an aromatic ring is 1. The maximum atomic E-state index is 5.61. The highest BCUT2D eigenvalue weighted by atomic mass is 32.1. The Morgan fingerprint density at radius 2 is 2.06 bits per heavy atom. The molecule has 84 valence electrons. The molecule has 3 N–H and O–H groups in total. The number of nitrogens with zero attached hydrogens (tertiary/aromatic N) is 2. The van der Waals surface area contributed by atoms with Crippen molar-refractivity contribution in [2.45, 2.75) is 19.8 Å². The smallest absolute Gasteiger partial charge is 0.207 e. The zero-order chi connectivity index (χ0) is 11.4. The fourth-order valence-electron chi connectivity index (χ4n) is 1.32. The third-order valence-electron chi connectivity index (χ3n) is 2.10. The molecular formula is C11H14N4S. The quantitative estimate of drug-likeness (QED) is 0.798. The number of benzene rings is 1. The minimum absolute atomic E-state index is 0.759. The molecule has 0 saturated carbocycles. The highest BCUT2D eigenvalue weighted by Gasteiger charge is 2.02. The number of nitrogens with one attached hydrogen (secondary N) is 1. The molecule has 5 heteroatoms. The van der Waals surface area contributed by atoms with Crippen LogP contribution in [-0.2, 0) is 6.42 Å². The standard InChI is InChI=1S/C11H14N4S/c1-2-3-10-14-11(16-15-10)13-9-6-4-8(12)5-7-9/h4-7H,2-3,12H2,1H3,(H,13,14,15). The van der Waals surface area contributed by atoms with Gasteiger partial charge in [0.2, 0.25) is 5.13 Å². The van der Waals surface area contributed by atoms with Crippen molar-refractivity contribution in [1.29, 1.82) is 0 Å². The largest absolute Gasteiger partial charge is 0.399 e. The lowest BCUT2D eigenvalue weighted by Gasteiger charge is -2.01. The molecule has 2 aromatic rings. The van der Waals surface area contributed by atoms with Gasteiger partial charge < -0.3 is 11.1 Å². The second-order valence-electron chi connectivity index (χ2n) is 3.51. The van der Waals surface area contributed by atoms with E-state index in [1.54, 1.807) is 0 Å². The van der Waals surface area contributed by atoms with E-state index in [2.05, 4.69) is 21.6 Å². The van der Waals surface area contributed by atoms with E-state index in [9.17, 15) is 0 Å². The summed E-state index contributed by atoms with van der Waals surface area (Å²) in [6.45, 7) is 2.12. The van der Waals surface area contributed by atoms with Crippen LogP contribution in [0.2, 0.25) is 0 Å². The van der Waals surface area contributed by atoms with Gasteiger partial charge in [-0.2, -0.15) is 4.37 Å². The first-order valence-electron chi connectivity index (χ1n) is 5.23. The van der Waals surface area contributed by atoms with Crippen LogP contribution in [0.1, 0.15) is 19.2 Å². The van der Waals surface area contributed by atoms with Gasteiger partial charge in [0.25, 0.3) is 0 Å². The average molecular weight is 234 g/mol. The molecule has 0 amide bonds. The summed E-state index contributed by atoms with van der Waals surface area (Å²) in [6.07, 6.45) is 2.00. The molecule has 1 aromatic carbocycles. The van der Waals surface area contributed by atoms with Crippen molar-refractivity contribution in [3.8, 4) is 0 Å². The fraction of sp³-hybridized carbons (Fsp3) is 0.273. The Kier molecular flexibility index (Phi) is 3.36. The van der Waals surface area contributed by atoms with Gasteiger partial charge in [-0.3, -0.25) is 0 Å². The number of rotatable bonds is 4.